The first-order valence-electron chi connectivity index (χ1n) is 2.59. The van der Waals surface area contributed by atoms with Crippen LogP contribution >= 0.6 is 69.4 Å². The fourth-order valence-corrected chi connectivity index (χ4v) is 4.48. The minimum Gasteiger partial charge on any atom is -0.170 e. The van der Waals surface area contributed by atoms with Gasteiger partial charge in [0.25, 0.3) is 0 Å². The van der Waals surface area contributed by atoms with E-state index in [-0.39, 0.29) is 0 Å². The Morgan fingerprint density at radius 1 is 0.917 bits per heavy atom. The lowest BCUT2D eigenvalue weighted by molar-refractivity contribution is -0.104. The van der Waals surface area contributed by atoms with Crippen molar-refractivity contribution in [3.05, 3.63) is 0 Å². The van der Waals surface area contributed by atoms with Gasteiger partial charge in [-0.3, -0.25) is 0 Å². The first-order valence-corrected chi connectivity index (χ1v) is 7.45. The number of rotatable bonds is 3. The monoisotopic (exact) mass is 410 g/mol. The van der Waals surface area contributed by atoms with E-state index in [1.54, 1.807) is 0 Å². The van der Waals surface area contributed by atoms with Gasteiger partial charge in [-0.2, -0.15) is 13.2 Å². The summed E-state index contributed by atoms with van der Waals surface area (Å²) >= 11 is 9.53. The Balaban J connectivity index is 3.35. The lowest BCUT2D eigenvalue weighted by atomic mass is 10.8. The highest BCUT2D eigenvalue weighted by atomic mass is 80.0. The van der Waals surface area contributed by atoms with Crippen molar-refractivity contribution in [1.29, 1.82) is 0 Å². The molecule has 0 rings (SSSR count). The van der Waals surface area contributed by atoms with Crippen molar-refractivity contribution in [1.82, 2.24) is 0 Å². The molecule has 0 saturated heterocycles. The van der Waals surface area contributed by atoms with Crippen molar-refractivity contribution >= 4 is 69.4 Å². The van der Waals surface area contributed by atoms with E-state index in [2.05, 4.69) is 47.8 Å². The highest BCUT2D eigenvalue weighted by molar-refractivity contribution is 9.39. The second-order valence-electron chi connectivity index (χ2n) is 1.75. The van der Waals surface area contributed by atoms with Crippen LogP contribution in [0.2, 0.25) is 0 Å². The fourth-order valence-electron chi connectivity index (χ4n) is 0.217. The SMILES string of the molecule is FC(F)(F)CSSCC(Br)(Br)Br. The van der Waals surface area contributed by atoms with E-state index in [9.17, 15) is 13.2 Å². The van der Waals surface area contributed by atoms with Crippen LogP contribution in [0.15, 0.2) is 0 Å². The first-order chi connectivity index (χ1) is 5.21. The Kier molecular flexibility index (Phi) is 6.64. The lowest BCUT2D eigenvalue weighted by Crippen LogP contribution is -2.10. The Bertz CT molecular complexity index is 116. The summed E-state index contributed by atoms with van der Waals surface area (Å²) in [4.78, 5) is 0. The number of hydrogen-bond acceptors (Lipinski definition) is 2. The summed E-state index contributed by atoms with van der Waals surface area (Å²) in [7, 11) is 1.93. The highest BCUT2D eigenvalue weighted by Crippen LogP contribution is 2.41. The maximum absolute atomic E-state index is 11.6. The zero-order valence-corrected chi connectivity index (χ0v) is 11.9. The van der Waals surface area contributed by atoms with Crippen LogP contribution in [0, 0.1) is 0 Å². The van der Waals surface area contributed by atoms with Crippen LogP contribution in [-0.4, -0.2) is 19.8 Å². The third-order valence-corrected chi connectivity index (χ3v) is 4.85. The van der Waals surface area contributed by atoms with Crippen LogP contribution in [0.3, 0.4) is 0 Å². The summed E-state index contributed by atoms with van der Waals surface area (Å²) in [5, 5.41) is 0. The maximum atomic E-state index is 11.6. The van der Waals surface area contributed by atoms with Gasteiger partial charge in [-0.05, 0) is 0 Å². The molecule has 0 nitrogen and oxygen atoms in total. The molecular formula is C4H4Br3F3S2. The van der Waals surface area contributed by atoms with Gasteiger partial charge >= 0.3 is 6.18 Å². The minimum absolute atomic E-state index is 0.462. The van der Waals surface area contributed by atoms with Crippen LogP contribution < -0.4 is 0 Å². The molecule has 0 aliphatic carbocycles. The third-order valence-electron chi connectivity index (χ3n) is 0.529. The maximum Gasteiger partial charge on any atom is 0.398 e. The summed E-state index contributed by atoms with van der Waals surface area (Å²) in [5.74, 6) is -0.325. The van der Waals surface area contributed by atoms with Gasteiger partial charge in [0.05, 0.1) is 5.75 Å². The summed E-state index contributed by atoms with van der Waals surface area (Å²) < 4.78 is 34.4. The van der Waals surface area contributed by atoms with Crippen molar-refractivity contribution in [2.24, 2.45) is 0 Å². The smallest absolute Gasteiger partial charge is 0.170 e. The van der Waals surface area contributed by atoms with E-state index in [0.29, 0.717) is 5.75 Å². The van der Waals surface area contributed by atoms with Crippen LogP contribution in [0.4, 0.5) is 13.2 Å². The molecule has 8 heteroatoms. The molecule has 0 heterocycles. The molecule has 0 aromatic heterocycles. The van der Waals surface area contributed by atoms with Gasteiger partial charge in [-0.15, -0.1) is 0 Å². The van der Waals surface area contributed by atoms with Gasteiger partial charge in [-0.25, -0.2) is 0 Å². The molecule has 0 aliphatic rings. The topological polar surface area (TPSA) is 0 Å². The van der Waals surface area contributed by atoms with E-state index >= 15 is 0 Å². The Labute approximate surface area is 102 Å². The normalized spacial score (nSPS) is 13.5. The molecule has 0 aromatic carbocycles. The van der Waals surface area contributed by atoms with Gasteiger partial charge in [0, 0.05) is 5.75 Å². The van der Waals surface area contributed by atoms with Crippen molar-refractivity contribution in [2.75, 3.05) is 11.5 Å². The molecule has 0 radical (unpaired) electrons. The molecule has 0 saturated carbocycles. The minimum atomic E-state index is -4.08. The Morgan fingerprint density at radius 2 is 1.33 bits per heavy atom. The summed E-state index contributed by atoms with van der Waals surface area (Å²) in [5.41, 5.74) is 0. The largest absolute Gasteiger partial charge is 0.398 e. The Hall–Kier alpha value is 1.93. The van der Waals surface area contributed by atoms with E-state index in [4.69, 9.17) is 0 Å². The fraction of sp³-hybridized carbons (Fsp3) is 1.00. The van der Waals surface area contributed by atoms with Crippen molar-refractivity contribution < 1.29 is 13.2 Å². The van der Waals surface area contributed by atoms with Gasteiger partial charge < -0.3 is 0 Å². The molecule has 0 spiro atoms. The number of halogens is 6. The molecular weight excluding hydrogens is 409 g/mol. The molecule has 0 unspecified atom stereocenters. The molecule has 0 N–H and O–H groups in total. The summed E-state index contributed by atoms with van der Waals surface area (Å²) in [6, 6.07) is 0. The molecule has 0 amide bonds. The summed E-state index contributed by atoms with van der Waals surface area (Å²) in [6.07, 6.45) is -4.08. The number of hydrogen-bond donors (Lipinski definition) is 0. The van der Waals surface area contributed by atoms with E-state index in [1.165, 1.54) is 0 Å². The summed E-state index contributed by atoms with van der Waals surface area (Å²) in [6.45, 7) is 0. The van der Waals surface area contributed by atoms with Crippen molar-refractivity contribution in [2.45, 2.75) is 8.32 Å². The predicted molar refractivity (Wildman–Crippen MR) is 60.5 cm³/mol. The van der Waals surface area contributed by atoms with Gasteiger partial charge in [0.15, 0.2) is 0 Å². The number of alkyl halides is 6. The Morgan fingerprint density at radius 3 is 1.67 bits per heavy atom. The lowest BCUT2D eigenvalue weighted by Gasteiger charge is -2.10. The molecule has 0 aliphatic heterocycles. The molecule has 0 aromatic rings. The molecule has 12 heavy (non-hydrogen) atoms. The van der Waals surface area contributed by atoms with Crippen LogP contribution in [0.5, 0.6) is 0 Å². The van der Waals surface area contributed by atoms with Crippen LogP contribution in [-0.2, 0) is 0 Å². The molecule has 74 valence electrons. The van der Waals surface area contributed by atoms with E-state index < -0.39 is 14.1 Å². The second kappa shape index (κ2) is 5.72. The predicted octanol–water partition coefficient (Wildman–Crippen LogP) is 4.77. The average Bonchev–Trinajstić information content (AvgIpc) is 1.76. The average molecular weight is 413 g/mol. The second-order valence-corrected chi connectivity index (χ2v) is 11.5. The van der Waals surface area contributed by atoms with Crippen molar-refractivity contribution in [3.8, 4) is 0 Å². The highest BCUT2D eigenvalue weighted by Gasteiger charge is 2.28. The van der Waals surface area contributed by atoms with E-state index in [1.807, 2.05) is 0 Å². The van der Waals surface area contributed by atoms with Gasteiger partial charge in [0.2, 0.25) is 0 Å². The van der Waals surface area contributed by atoms with E-state index in [0.717, 1.165) is 21.6 Å². The van der Waals surface area contributed by atoms with Gasteiger partial charge in [-0.1, -0.05) is 69.4 Å². The van der Waals surface area contributed by atoms with Crippen LogP contribution in [0.25, 0.3) is 0 Å². The molecule has 0 bridgehead atoms. The molecule has 0 fully saturated rings. The van der Waals surface area contributed by atoms with Gasteiger partial charge in [0.1, 0.15) is 2.14 Å². The first kappa shape index (κ1) is 13.9. The van der Waals surface area contributed by atoms with Crippen LogP contribution in [0.1, 0.15) is 0 Å². The molecule has 0 atom stereocenters. The standard InChI is InChI=1S/C4H4Br3F3S2/c5-3(6,7)1-11-12-2-4(8,9)10/h1-2H2. The quantitative estimate of drug-likeness (QED) is 0.372. The van der Waals surface area contributed by atoms with Crippen molar-refractivity contribution in [3.63, 3.8) is 0 Å². The third kappa shape index (κ3) is 11.9. The zero-order valence-electron chi connectivity index (χ0n) is 5.50. The zero-order chi connectivity index (χ0) is 9.83.